The molecule has 1 aliphatic carbocycles. The quantitative estimate of drug-likeness (QED) is 0.227. The molecule has 1 unspecified atom stereocenters. The summed E-state index contributed by atoms with van der Waals surface area (Å²) in [6, 6.07) is 9.42. The molecule has 1 amide bonds. The molecule has 0 radical (unpaired) electrons. The van der Waals surface area contributed by atoms with Crippen LogP contribution in [0.15, 0.2) is 42.7 Å². The number of likely N-dealkylation sites (N-methyl/N-ethyl adjacent to an activating group) is 1. The van der Waals surface area contributed by atoms with Crippen LogP contribution in [0.3, 0.4) is 0 Å². The first kappa shape index (κ1) is 26.1. The third-order valence-electron chi connectivity index (χ3n) is 6.88. The predicted octanol–water partition coefficient (Wildman–Crippen LogP) is 3.89. The Hall–Kier alpha value is -4.51. The van der Waals surface area contributed by atoms with Gasteiger partial charge in [-0.05, 0) is 80.7 Å². The maximum absolute atomic E-state index is 12.3. The number of aromatic amines is 1. The number of nitrogens with zero attached hydrogens (tertiary/aromatic N) is 4. The Bertz CT molecular complexity index is 1530. The van der Waals surface area contributed by atoms with Gasteiger partial charge in [0, 0.05) is 18.8 Å². The first-order chi connectivity index (χ1) is 18.8. The number of Topliss-reactive ketones (excluding diaryl/α,β-unsaturated/α-hetero) is 1. The number of aryl methyl sites for hydroxylation is 1. The summed E-state index contributed by atoms with van der Waals surface area (Å²) in [5.41, 5.74) is 9.87. The van der Waals surface area contributed by atoms with E-state index in [1.54, 1.807) is 25.4 Å². The topological polar surface area (TPSA) is 151 Å². The summed E-state index contributed by atoms with van der Waals surface area (Å²) in [6.07, 6.45) is 6.60. The van der Waals surface area contributed by atoms with Crippen molar-refractivity contribution in [3.05, 3.63) is 59.5 Å². The van der Waals surface area contributed by atoms with Gasteiger partial charge in [0.2, 0.25) is 5.95 Å². The normalized spacial score (nSPS) is 14.4. The molecule has 5 N–H and O–H groups in total. The average molecular weight is 529 g/mol. The van der Waals surface area contributed by atoms with E-state index in [9.17, 15) is 9.59 Å². The van der Waals surface area contributed by atoms with Crippen molar-refractivity contribution in [1.29, 1.82) is 0 Å². The van der Waals surface area contributed by atoms with E-state index in [1.807, 2.05) is 25.1 Å². The molecule has 4 aromatic rings. The standard InChI is InChI=1S/C28H32N8O3/c1-36(2)15-18(37)9-8-16-6-7-17-13-23(39-3)22(14-20(16)17)33-28-34-26-19(10-12-31-26)27(35-28)32-21-5-4-11-30-24(21)25(29)38/h4-5,10-14,16H,6-9,15H2,1-3H3,(H2,29,38)(H3,31,32,33,34,35). The number of nitrogens with one attached hydrogen (secondary N) is 3. The van der Waals surface area contributed by atoms with E-state index < -0.39 is 5.91 Å². The SMILES string of the molecule is COc1cc2c(cc1Nc1nc(Nc3cccnc3C(N)=O)c3cc[nH]c3n1)C(CCC(=O)CN(C)C)CC2. The first-order valence-electron chi connectivity index (χ1n) is 12.8. The summed E-state index contributed by atoms with van der Waals surface area (Å²) in [5, 5.41) is 7.25. The Labute approximate surface area is 226 Å². The second-order valence-corrected chi connectivity index (χ2v) is 9.95. The van der Waals surface area contributed by atoms with E-state index in [0.29, 0.717) is 47.7 Å². The van der Waals surface area contributed by atoms with Crippen molar-refractivity contribution >= 4 is 45.9 Å². The van der Waals surface area contributed by atoms with Gasteiger partial charge in [0.1, 0.15) is 23.0 Å². The Kier molecular flexibility index (Phi) is 7.42. The van der Waals surface area contributed by atoms with Crippen LogP contribution < -0.4 is 21.1 Å². The maximum Gasteiger partial charge on any atom is 0.269 e. The smallest absolute Gasteiger partial charge is 0.269 e. The molecule has 3 aromatic heterocycles. The van der Waals surface area contributed by atoms with Gasteiger partial charge in [0.05, 0.1) is 30.4 Å². The van der Waals surface area contributed by atoms with Crippen molar-refractivity contribution in [2.75, 3.05) is 38.4 Å². The van der Waals surface area contributed by atoms with E-state index >= 15 is 0 Å². The number of pyridine rings is 1. The van der Waals surface area contributed by atoms with Gasteiger partial charge >= 0.3 is 0 Å². The summed E-state index contributed by atoms with van der Waals surface area (Å²) in [5.74, 6) is 1.42. The Balaban J connectivity index is 1.44. The summed E-state index contributed by atoms with van der Waals surface area (Å²) < 4.78 is 5.70. The number of carbonyl (C=O) groups excluding carboxylic acids is 2. The summed E-state index contributed by atoms with van der Waals surface area (Å²) in [6.45, 7) is 0.462. The van der Waals surface area contributed by atoms with Gasteiger partial charge in [-0.25, -0.2) is 4.98 Å². The second kappa shape index (κ2) is 11.1. The number of hydrogen-bond donors (Lipinski definition) is 4. The number of nitrogens with two attached hydrogens (primary N) is 1. The number of fused-ring (bicyclic) bond motifs is 2. The number of ether oxygens (including phenoxy) is 1. The summed E-state index contributed by atoms with van der Waals surface area (Å²) in [7, 11) is 5.46. The van der Waals surface area contributed by atoms with Crippen LogP contribution in [0.1, 0.15) is 46.8 Å². The van der Waals surface area contributed by atoms with Crippen LogP contribution in [0, 0.1) is 0 Å². The number of aromatic nitrogens is 4. The number of carbonyl (C=O) groups is 2. The largest absolute Gasteiger partial charge is 0.495 e. The lowest BCUT2D eigenvalue weighted by Crippen LogP contribution is -2.21. The number of hydrogen-bond acceptors (Lipinski definition) is 9. The van der Waals surface area contributed by atoms with Crippen LogP contribution in [0.4, 0.5) is 23.1 Å². The number of benzene rings is 1. The van der Waals surface area contributed by atoms with Crippen LogP contribution in [0.5, 0.6) is 5.75 Å². The van der Waals surface area contributed by atoms with Crippen molar-refractivity contribution < 1.29 is 14.3 Å². The summed E-state index contributed by atoms with van der Waals surface area (Å²) >= 11 is 0. The third-order valence-corrected chi connectivity index (χ3v) is 6.88. The van der Waals surface area contributed by atoms with Crippen LogP contribution in [0.2, 0.25) is 0 Å². The molecule has 5 rings (SSSR count). The van der Waals surface area contributed by atoms with Crippen molar-refractivity contribution in [3.63, 3.8) is 0 Å². The van der Waals surface area contributed by atoms with E-state index in [0.717, 1.165) is 30.3 Å². The Morgan fingerprint density at radius 1 is 1.18 bits per heavy atom. The molecule has 202 valence electrons. The van der Waals surface area contributed by atoms with Crippen molar-refractivity contribution in [3.8, 4) is 5.75 Å². The molecule has 39 heavy (non-hydrogen) atoms. The molecule has 0 bridgehead atoms. The van der Waals surface area contributed by atoms with E-state index in [2.05, 4.69) is 37.7 Å². The zero-order valence-corrected chi connectivity index (χ0v) is 22.2. The van der Waals surface area contributed by atoms with Gasteiger partial charge in [-0.2, -0.15) is 9.97 Å². The third kappa shape index (κ3) is 5.68. The van der Waals surface area contributed by atoms with Crippen LogP contribution in [-0.2, 0) is 11.2 Å². The first-order valence-corrected chi connectivity index (χ1v) is 12.8. The molecule has 0 saturated carbocycles. The average Bonchev–Trinajstić information content (AvgIpc) is 3.53. The van der Waals surface area contributed by atoms with Gasteiger partial charge < -0.3 is 31.0 Å². The number of methoxy groups -OCH3 is 1. The number of ketones is 1. The highest BCUT2D eigenvalue weighted by Crippen LogP contribution is 2.42. The number of anilines is 4. The number of amides is 1. The highest BCUT2D eigenvalue weighted by molar-refractivity contribution is 5.99. The molecule has 1 aromatic carbocycles. The predicted molar refractivity (Wildman–Crippen MR) is 150 cm³/mol. The minimum Gasteiger partial charge on any atom is -0.495 e. The Morgan fingerprint density at radius 2 is 2.03 bits per heavy atom. The molecule has 11 heteroatoms. The molecule has 1 aliphatic rings. The fraction of sp³-hybridized carbons (Fsp3) is 0.321. The zero-order chi connectivity index (χ0) is 27.5. The van der Waals surface area contributed by atoms with Crippen LogP contribution in [0.25, 0.3) is 11.0 Å². The monoisotopic (exact) mass is 528 g/mol. The van der Waals surface area contributed by atoms with Gasteiger partial charge in [0.25, 0.3) is 5.91 Å². The second-order valence-electron chi connectivity index (χ2n) is 9.95. The molecule has 0 spiro atoms. The van der Waals surface area contributed by atoms with Gasteiger partial charge in [-0.3, -0.25) is 9.59 Å². The Morgan fingerprint density at radius 3 is 2.79 bits per heavy atom. The minimum absolute atomic E-state index is 0.115. The molecule has 3 heterocycles. The fourth-order valence-electron chi connectivity index (χ4n) is 5.10. The minimum atomic E-state index is -0.642. The van der Waals surface area contributed by atoms with Gasteiger partial charge in [-0.15, -0.1) is 0 Å². The highest BCUT2D eigenvalue weighted by atomic mass is 16.5. The van der Waals surface area contributed by atoms with Crippen molar-refractivity contribution in [1.82, 2.24) is 24.8 Å². The lowest BCUT2D eigenvalue weighted by atomic mass is 9.94. The van der Waals surface area contributed by atoms with E-state index in [1.165, 1.54) is 17.3 Å². The van der Waals surface area contributed by atoms with Crippen molar-refractivity contribution in [2.45, 2.75) is 31.6 Å². The lowest BCUT2D eigenvalue weighted by molar-refractivity contribution is -0.119. The molecule has 0 saturated heterocycles. The fourth-order valence-corrected chi connectivity index (χ4v) is 5.10. The lowest BCUT2D eigenvalue weighted by Gasteiger charge is -2.17. The van der Waals surface area contributed by atoms with E-state index in [-0.39, 0.29) is 11.5 Å². The molecule has 11 nitrogen and oxygen atoms in total. The zero-order valence-electron chi connectivity index (χ0n) is 22.2. The van der Waals surface area contributed by atoms with Gasteiger partial charge in [0.15, 0.2) is 5.69 Å². The van der Waals surface area contributed by atoms with E-state index in [4.69, 9.17) is 15.5 Å². The maximum atomic E-state index is 12.3. The number of primary amides is 1. The number of H-pyrrole nitrogens is 1. The highest BCUT2D eigenvalue weighted by Gasteiger charge is 2.26. The molecule has 0 fully saturated rings. The van der Waals surface area contributed by atoms with Crippen LogP contribution in [-0.4, -0.2) is 64.3 Å². The van der Waals surface area contributed by atoms with Gasteiger partial charge in [-0.1, -0.05) is 0 Å². The molecule has 1 atom stereocenters. The number of rotatable bonds is 11. The van der Waals surface area contributed by atoms with Crippen LogP contribution >= 0.6 is 0 Å². The molecular formula is C28H32N8O3. The molecule has 0 aliphatic heterocycles. The summed E-state index contributed by atoms with van der Waals surface area (Å²) in [4.78, 5) is 42.7. The van der Waals surface area contributed by atoms with Crippen molar-refractivity contribution in [2.24, 2.45) is 5.73 Å². The molecular weight excluding hydrogens is 496 g/mol.